The van der Waals surface area contributed by atoms with Crippen molar-refractivity contribution < 1.29 is 0 Å². The van der Waals surface area contributed by atoms with E-state index in [4.69, 9.17) is 11.6 Å². The number of benzene rings is 1. The van der Waals surface area contributed by atoms with Crippen molar-refractivity contribution in [3.63, 3.8) is 0 Å². The first-order valence-corrected chi connectivity index (χ1v) is 5.90. The smallest absolute Gasteiger partial charge is 0.0640 e. The van der Waals surface area contributed by atoms with Gasteiger partial charge in [-0.3, -0.25) is 0 Å². The molecule has 1 rings (SSSR count). The molecule has 0 heterocycles. The summed E-state index contributed by atoms with van der Waals surface area (Å²) in [7, 11) is 0. The Morgan fingerprint density at radius 2 is 1.93 bits per heavy atom. The van der Waals surface area contributed by atoms with E-state index in [-0.39, 0.29) is 0 Å². The van der Waals surface area contributed by atoms with Gasteiger partial charge < -0.3 is 5.32 Å². The lowest BCUT2D eigenvalue weighted by molar-refractivity contribution is 0.539. The molecule has 0 saturated heterocycles. The number of rotatable bonds is 4. The Kier molecular flexibility index (Phi) is 4.46. The van der Waals surface area contributed by atoms with E-state index in [0.717, 1.165) is 17.1 Å². The average molecular weight is 226 g/mol. The SMILES string of the molecule is Cc1cccc(Cl)c1NC(C)CC(C)C. The molecule has 0 aromatic heterocycles. The summed E-state index contributed by atoms with van der Waals surface area (Å²) < 4.78 is 0. The van der Waals surface area contributed by atoms with Crippen molar-refractivity contribution in [2.75, 3.05) is 5.32 Å². The fraction of sp³-hybridized carbons (Fsp3) is 0.538. The summed E-state index contributed by atoms with van der Waals surface area (Å²) in [5.74, 6) is 0.704. The fourth-order valence-corrected chi connectivity index (χ4v) is 2.10. The van der Waals surface area contributed by atoms with Crippen molar-refractivity contribution >= 4 is 17.3 Å². The summed E-state index contributed by atoms with van der Waals surface area (Å²) in [6.07, 6.45) is 1.16. The zero-order valence-electron chi connectivity index (χ0n) is 9.97. The van der Waals surface area contributed by atoms with Gasteiger partial charge >= 0.3 is 0 Å². The molecule has 0 saturated carbocycles. The first-order valence-electron chi connectivity index (χ1n) is 5.52. The summed E-state index contributed by atoms with van der Waals surface area (Å²) in [4.78, 5) is 0. The first kappa shape index (κ1) is 12.4. The van der Waals surface area contributed by atoms with Gasteiger partial charge in [0.25, 0.3) is 0 Å². The Balaban J connectivity index is 2.71. The number of aryl methyl sites for hydroxylation is 1. The molecule has 1 unspecified atom stereocenters. The minimum Gasteiger partial charge on any atom is -0.381 e. The Morgan fingerprint density at radius 1 is 1.27 bits per heavy atom. The van der Waals surface area contributed by atoms with Gasteiger partial charge in [-0.15, -0.1) is 0 Å². The minimum absolute atomic E-state index is 0.462. The molecule has 0 aliphatic carbocycles. The highest BCUT2D eigenvalue weighted by Gasteiger charge is 2.08. The molecule has 1 nitrogen and oxygen atoms in total. The van der Waals surface area contributed by atoms with Gasteiger partial charge in [0.15, 0.2) is 0 Å². The molecule has 0 aliphatic rings. The lowest BCUT2D eigenvalue weighted by Crippen LogP contribution is -2.18. The highest BCUT2D eigenvalue weighted by molar-refractivity contribution is 6.33. The summed E-state index contributed by atoms with van der Waals surface area (Å²) >= 11 is 6.15. The number of hydrogen-bond acceptors (Lipinski definition) is 1. The van der Waals surface area contributed by atoms with Crippen LogP contribution in [0.3, 0.4) is 0 Å². The zero-order chi connectivity index (χ0) is 11.4. The molecule has 0 spiro atoms. The van der Waals surface area contributed by atoms with E-state index >= 15 is 0 Å². The summed E-state index contributed by atoms with van der Waals surface area (Å²) in [6.45, 7) is 8.74. The van der Waals surface area contributed by atoms with Crippen LogP contribution in [0.25, 0.3) is 0 Å². The molecular weight excluding hydrogens is 206 g/mol. The third-order valence-electron chi connectivity index (χ3n) is 2.44. The van der Waals surface area contributed by atoms with Crippen LogP contribution in [0.15, 0.2) is 18.2 Å². The van der Waals surface area contributed by atoms with Crippen molar-refractivity contribution in [1.82, 2.24) is 0 Å². The summed E-state index contributed by atoms with van der Waals surface area (Å²) in [6, 6.07) is 6.45. The predicted molar refractivity (Wildman–Crippen MR) is 68.7 cm³/mol. The second-order valence-electron chi connectivity index (χ2n) is 4.61. The molecule has 0 bridgehead atoms. The Hall–Kier alpha value is -0.690. The topological polar surface area (TPSA) is 12.0 Å². The van der Waals surface area contributed by atoms with Crippen LogP contribution >= 0.6 is 11.6 Å². The van der Waals surface area contributed by atoms with Gasteiger partial charge in [-0.2, -0.15) is 0 Å². The summed E-state index contributed by atoms with van der Waals surface area (Å²) in [5.41, 5.74) is 2.28. The molecule has 0 amide bonds. The van der Waals surface area contributed by atoms with Gasteiger partial charge in [-0.1, -0.05) is 37.6 Å². The first-order chi connectivity index (χ1) is 7.00. The Labute approximate surface area is 97.8 Å². The maximum atomic E-state index is 6.15. The second-order valence-corrected chi connectivity index (χ2v) is 5.01. The molecule has 1 aromatic rings. The molecule has 2 heteroatoms. The number of hydrogen-bond donors (Lipinski definition) is 1. The van der Waals surface area contributed by atoms with E-state index in [0.29, 0.717) is 12.0 Å². The van der Waals surface area contributed by atoms with Crippen LogP contribution < -0.4 is 5.32 Å². The van der Waals surface area contributed by atoms with E-state index < -0.39 is 0 Å². The quantitative estimate of drug-likeness (QED) is 0.796. The molecule has 1 atom stereocenters. The van der Waals surface area contributed by atoms with Crippen LogP contribution in [0.4, 0.5) is 5.69 Å². The lowest BCUT2D eigenvalue weighted by atomic mass is 10.0. The molecule has 15 heavy (non-hydrogen) atoms. The second kappa shape index (κ2) is 5.41. The van der Waals surface area contributed by atoms with Crippen molar-refractivity contribution in [2.45, 2.75) is 40.2 Å². The van der Waals surface area contributed by atoms with Gasteiger partial charge in [0, 0.05) is 6.04 Å². The molecule has 1 aromatic carbocycles. The summed E-state index contributed by atoms with van der Waals surface area (Å²) in [5, 5.41) is 4.29. The van der Waals surface area contributed by atoms with Crippen molar-refractivity contribution in [3.05, 3.63) is 28.8 Å². The fourth-order valence-electron chi connectivity index (χ4n) is 1.83. The molecule has 1 N–H and O–H groups in total. The molecule has 0 fully saturated rings. The Morgan fingerprint density at radius 3 is 2.47 bits per heavy atom. The van der Waals surface area contributed by atoms with Crippen LogP contribution in [-0.2, 0) is 0 Å². The highest BCUT2D eigenvalue weighted by Crippen LogP contribution is 2.26. The molecule has 84 valence electrons. The van der Waals surface area contributed by atoms with E-state index in [1.165, 1.54) is 5.56 Å². The minimum atomic E-state index is 0.462. The van der Waals surface area contributed by atoms with Crippen LogP contribution in [0.5, 0.6) is 0 Å². The van der Waals surface area contributed by atoms with Gasteiger partial charge in [-0.25, -0.2) is 0 Å². The molecule has 0 radical (unpaired) electrons. The van der Waals surface area contributed by atoms with Crippen LogP contribution in [-0.4, -0.2) is 6.04 Å². The van der Waals surface area contributed by atoms with Gasteiger partial charge in [0.1, 0.15) is 0 Å². The number of halogens is 1. The third-order valence-corrected chi connectivity index (χ3v) is 2.75. The standard InChI is InChI=1S/C13H20ClN/c1-9(2)8-11(4)15-13-10(3)6-5-7-12(13)14/h5-7,9,11,15H,8H2,1-4H3. The van der Waals surface area contributed by atoms with Crippen LogP contribution in [0.2, 0.25) is 5.02 Å². The van der Waals surface area contributed by atoms with Crippen molar-refractivity contribution in [1.29, 1.82) is 0 Å². The van der Waals surface area contributed by atoms with Gasteiger partial charge in [0.05, 0.1) is 10.7 Å². The molecular formula is C13H20ClN. The van der Waals surface area contributed by atoms with Gasteiger partial charge in [-0.05, 0) is 37.8 Å². The van der Waals surface area contributed by atoms with E-state index in [2.05, 4.69) is 39.1 Å². The average Bonchev–Trinajstić information content (AvgIpc) is 2.10. The van der Waals surface area contributed by atoms with E-state index in [9.17, 15) is 0 Å². The monoisotopic (exact) mass is 225 g/mol. The number of para-hydroxylation sites is 1. The largest absolute Gasteiger partial charge is 0.381 e. The predicted octanol–water partition coefficient (Wildman–Crippen LogP) is 4.49. The van der Waals surface area contributed by atoms with Gasteiger partial charge in [0.2, 0.25) is 0 Å². The van der Waals surface area contributed by atoms with Crippen molar-refractivity contribution in [3.8, 4) is 0 Å². The van der Waals surface area contributed by atoms with Crippen LogP contribution in [0.1, 0.15) is 32.8 Å². The third kappa shape index (κ3) is 3.75. The lowest BCUT2D eigenvalue weighted by Gasteiger charge is -2.19. The normalized spacial score (nSPS) is 12.9. The highest BCUT2D eigenvalue weighted by atomic mass is 35.5. The van der Waals surface area contributed by atoms with E-state index in [1.54, 1.807) is 0 Å². The molecule has 0 aliphatic heterocycles. The van der Waals surface area contributed by atoms with Crippen LogP contribution in [0, 0.1) is 12.8 Å². The van der Waals surface area contributed by atoms with Crippen molar-refractivity contribution in [2.24, 2.45) is 5.92 Å². The number of nitrogens with one attached hydrogen (secondary N) is 1. The van der Waals surface area contributed by atoms with E-state index in [1.807, 2.05) is 12.1 Å². The maximum Gasteiger partial charge on any atom is 0.0640 e. The zero-order valence-corrected chi connectivity index (χ0v) is 10.7. The Bertz CT molecular complexity index is 300. The maximum absolute atomic E-state index is 6.15. The number of anilines is 1.